The fourth-order valence-corrected chi connectivity index (χ4v) is 3.32. The maximum Gasteiger partial charge on any atom is 0.433 e. The smallest absolute Gasteiger partial charge is 0.369 e. The normalized spacial score (nSPS) is 19.1. The Labute approximate surface area is 169 Å². The molecule has 1 aliphatic rings. The zero-order valence-corrected chi connectivity index (χ0v) is 15.6. The topological polar surface area (TPSA) is 97.4 Å². The number of likely N-dealkylation sites (N-methyl/N-ethyl adjacent to an activating group) is 1. The van der Waals surface area contributed by atoms with Crippen LogP contribution in [0.4, 0.5) is 13.2 Å². The zero-order chi connectivity index (χ0) is 21.5. The molecule has 1 aromatic carbocycles. The van der Waals surface area contributed by atoms with Crippen molar-refractivity contribution in [3.05, 3.63) is 77.7 Å². The number of carbonyl (C=O) groups is 1. The lowest BCUT2D eigenvalue weighted by Gasteiger charge is -2.26. The molecule has 0 radical (unpaired) electrons. The molecule has 7 nitrogen and oxygen atoms in total. The van der Waals surface area contributed by atoms with Crippen molar-refractivity contribution < 1.29 is 18.0 Å². The quantitative estimate of drug-likeness (QED) is 0.713. The van der Waals surface area contributed by atoms with Gasteiger partial charge in [0.25, 0.3) is 5.91 Å². The Morgan fingerprint density at radius 1 is 1.07 bits per heavy atom. The van der Waals surface area contributed by atoms with Crippen molar-refractivity contribution in [2.75, 3.05) is 7.05 Å². The molecule has 10 heteroatoms. The van der Waals surface area contributed by atoms with Crippen molar-refractivity contribution in [2.45, 2.75) is 11.7 Å². The van der Waals surface area contributed by atoms with Crippen molar-refractivity contribution in [1.29, 1.82) is 0 Å². The monoisotopic (exact) mass is 412 g/mol. The summed E-state index contributed by atoms with van der Waals surface area (Å²) in [5, 5.41) is 7.90. The second-order valence-corrected chi connectivity index (χ2v) is 6.66. The highest BCUT2D eigenvalue weighted by atomic mass is 19.4. The Morgan fingerprint density at radius 3 is 2.43 bits per heavy atom. The van der Waals surface area contributed by atoms with Crippen LogP contribution < -0.4 is 5.73 Å². The first-order chi connectivity index (χ1) is 14.2. The number of alkyl halides is 3. The van der Waals surface area contributed by atoms with Gasteiger partial charge in [0.05, 0.1) is 5.69 Å². The third kappa shape index (κ3) is 3.06. The first kappa shape index (κ1) is 19.5. The highest BCUT2D eigenvalue weighted by molar-refractivity contribution is 6.09. The first-order valence-corrected chi connectivity index (χ1v) is 8.79. The van der Waals surface area contributed by atoms with E-state index in [1.807, 2.05) is 0 Å². The minimum Gasteiger partial charge on any atom is -0.369 e. The van der Waals surface area contributed by atoms with Gasteiger partial charge in [0.2, 0.25) is 0 Å². The highest BCUT2D eigenvalue weighted by Crippen LogP contribution is 2.40. The van der Waals surface area contributed by atoms with Gasteiger partial charge in [0, 0.05) is 30.6 Å². The number of hydrogen-bond donors (Lipinski definition) is 1. The predicted molar refractivity (Wildman–Crippen MR) is 102 cm³/mol. The fourth-order valence-electron chi connectivity index (χ4n) is 3.32. The standard InChI is InChI=1S/C20H15F3N6O/c1-29-17(30)19(27-18(29)24,14-7-8-16(25-11-14)20(21,22)23)13-5-2-4-12(10-13)15-6-3-9-26-28-15/h2-11H,1H3,(H2,24,27). The highest BCUT2D eigenvalue weighted by Gasteiger charge is 2.50. The zero-order valence-electron chi connectivity index (χ0n) is 15.6. The van der Waals surface area contributed by atoms with Crippen LogP contribution >= 0.6 is 0 Å². The van der Waals surface area contributed by atoms with Gasteiger partial charge < -0.3 is 5.73 Å². The Kier molecular flexibility index (Phi) is 4.49. The molecule has 30 heavy (non-hydrogen) atoms. The molecule has 0 saturated carbocycles. The van der Waals surface area contributed by atoms with Crippen LogP contribution in [0.1, 0.15) is 16.8 Å². The van der Waals surface area contributed by atoms with Crippen LogP contribution in [-0.2, 0) is 16.5 Å². The van der Waals surface area contributed by atoms with E-state index in [1.165, 1.54) is 19.3 Å². The van der Waals surface area contributed by atoms with Gasteiger partial charge in [-0.15, -0.1) is 0 Å². The minimum absolute atomic E-state index is 0.0511. The summed E-state index contributed by atoms with van der Waals surface area (Å²) < 4.78 is 38.9. The number of hydrogen-bond acceptors (Lipinski definition) is 6. The molecular weight excluding hydrogens is 397 g/mol. The van der Waals surface area contributed by atoms with E-state index >= 15 is 0 Å². The number of pyridine rings is 1. The summed E-state index contributed by atoms with van der Waals surface area (Å²) in [4.78, 5) is 22.2. The lowest BCUT2D eigenvalue weighted by atomic mass is 9.82. The van der Waals surface area contributed by atoms with Gasteiger partial charge in [0.1, 0.15) is 5.69 Å². The van der Waals surface area contributed by atoms with E-state index in [0.717, 1.165) is 17.2 Å². The summed E-state index contributed by atoms with van der Waals surface area (Å²) in [6.45, 7) is 0. The number of halogens is 3. The molecule has 152 valence electrons. The third-order valence-electron chi connectivity index (χ3n) is 4.86. The number of amides is 1. The van der Waals surface area contributed by atoms with Crippen molar-refractivity contribution >= 4 is 11.9 Å². The SMILES string of the molecule is CN1C(=O)C(c2ccc(C(F)(F)F)nc2)(c2cccc(-c3cccnn3)c2)N=C1N. The van der Waals surface area contributed by atoms with Crippen LogP contribution in [0.2, 0.25) is 0 Å². The van der Waals surface area contributed by atoms with Gasteiger partial charge in [0.15, 0.2) is 11.5 Å². The van der Waals surface area contributed by atoms with Crippen LogP contribution in [0.3, 0.4) is 0 Å². The molecule has 0 bridgehead atoms. The van der Waals surface area contributed by atoms with Crippen LogP contribution in [0.25, 0.3) is 11.3 Å². The van der Waals surface area contributed by atoms with Gasteiger partial charge in [-0.1, -0.05) is 24.3 Å². The Balaban J connectivity index is 1.90. The molecular formula is C20H15F3N6O. The maximum absolute atomic E-state index is 13.2. The van der Waals surface area contributed by atoms with Crippen molar-refractivity contribution in [3.8, 4) is 11.3 Å². The summed E-state index contributed by atoms with van der Waals surface area (Å²) in [7, 11) is 1.45. The molecule has 0 fully saturated rings. The Hall–Kier alpha value is -3.82. The average molecular weight is 412 g/mol. The molecule has 2 aromatic heterocycles. The van der Waals surface area contributed by atoms with Gasteiger partial charge in [-0.25, -0.2) is 4.99 Å². The maximum atomic E-state index is 13.2. The van der Waals surface area contributed by atoms with Crippen molar-refractivity contribution in [3.63, 3.8) is 0 Å². The molecule has 3 aromatic rings. The fraction of sp³-hybridized carbons (Fsp3) is 0.150. The number of rotatable bonds is 3. The first-order valence-electron chi connectivity index (χ1n) is 8.79. The number of aliphatic imine (C=N–C) groups is 1. The van der Waals surface area contributed by atoms with Gasteiger partial charge in [-0.3, -0.25) is 14.7 Å². The van der Waals surface area contributed by atoms with Crippen LogP contribution in [0, 0.1) is 0 Å². The number of carbonyl (C=O) groups excluding carboxylic acids is 1. The second kappa shape index (κ2) is 6.90. The number of nitrogens with zero attached hydrogens (tertiary/aromatic N) is 5. The lowest BCUT2D eigenvalue weighted by molar-refractivity contribution is -0.141. The van der Waals surface area contributed by atoms with Gasteiger partial charge >= 0.3 is 6.18 Å². The van der Waals surface area contributed by atoms with Crippen LogP contribution in [-0.4, -0.2) is 39.0 Å². The summed E-state index contributed by atoms with van der Waals surface area (Å²) in [5.41, 5.74) is 5.00. The Bertz CT molecular complexity index is 1130. The Morgan fingerprint density at radius 2 is 1.87 bits per heavy atom. The van der Waals surface area contributed by atoms with Gasteiger partial charge in [-0.2, -0.15) is 23.4 Å². The molecule has 2 N–H and O–H groups in total. The largest absolute Gasteiger partial charge is 0.433 e. The molecule has 0 spiro atoms. The van der Waals surface area contributed by atoms with E-state index < -0.39 is 23.3 Å². The minimum atomic E-state index is -4.60. The van der Waals surface area contributed by atoms with E-state index in [2.05, 4.69) is 20.2 Å². The molecule has 1 amide bonds. The molecule has 3 heterocycles. The summed E-state index contributed by atoms with van der Waals surface area (Å²) in [6.07, 6.45) is -2.06. The van der Waals surface area contributed by atoms with Crippen LogP contribution in [0.5, 0.6) is 0 Å². The van der Waals surface area contributed by atoms with E-state index in [1.54, 1.807) is 36.4 Å². The number of aromatic nitrogens is 3. The molecule has 4 rings (SSSR count). The molecule has 0 aliphatic carbocycles. The lowest BCUT2D eigenvalue weighted by Crippen LogP contribution is -2.41. The predicted octanol–water partition coefficient (Wildman–Crippen LogP) is 2.59. The summed E-state index contributed by atoms with van der Waals surface area (Å²) in [5.74, 6) is -0.553. The average Bonchev–Trinajstić information content (AvgIpc) is 2.99. The number of benzene rings is 1. The number of guanidine groups is 1. The van der Waals surface area contributed by atoms with Crippen molar-refractivity contribution in [1.82, 2.24) is 20.1 Å². The van der Waals surface area contributed by atoms with Gasteiger partial charge in [-0.05, 0) is 29.8 Å². The van der Waals surface area contributed by atoms with E-state index in [0.29, 0.717) is 16.8 Å². The van der Waals surface area contributed by atoms with Crippen LogP contribution in [0.15, 0.2) is 65.9 Å². The van der Waals surface area contributed by atoms with E-state index in [9.17, 15) is 18.0 Å². The molecule has 1 atom stereocenters. The second-order valence-electron chi connectivity index (χ2n) is 6.66. The van der Waals surface area contributed by atoms with E-state index in [4.69, 9.17) is 5.73 Å². The summed E-state index contributed by atoms with van der Waals surface area (Å²) >= 11 is 0. The third-order valence-corrected chi connectivity index (χ3v) is 4.86. The number of nitrogens with two attached hydrogens (primary N) is 1. The molecule has 1 aliphatic heterocycles. The molecule has 1 unspecified atom stereocenters. The van der Waals surface area contributed by atoms with E-state index in [-0.39, 0.29) is 11.5 Å². The molecule has 0 saturated heterocycles. The summed E-state index contributed by atoms with van der Waals surface area (Å²) in [6, 6.07) is 12.3. The van der Waals surface area contributed by atoms with Crippen molar-refractivity contribution in [2.24, 2.45) is 10.7 Å².